The number of amides is 2. The van der Waals surface area contributed by atoms with E-state index >= 15 is 0 Å². The number of allylic oxidation sites excluding steroid dienone is 4. The molecule has 0 bridgehead atoms. The summed E-state index contributed by atoms with van der Waals surface area (Å²) in [5.41, 5.74) is 7.60. The molecule has 8 heteroatoms. The number of carbonyl (C=O) groups excluding carboxylic acids is 1. The molecule has 2 aromatic heterocycles. The number of rotatable bonds is 5. The SMILES string of the molecule is O=C(NC1CCN(CC2=CSC3=CC=CCC23)C1)N1CCc2[nH]nc(-c3ccc(-c4ccccc4)nc3)c2C1. The van der Waals surface area contributed by atoms with Gasteiger partial charge in [0, 0.05) is 73.1 Å². The number of hydrogen-bond donors (Lipinski definition) is 2. The number of pyridine rings is 1. The Morgan fingerprint density at radius 3 is 2.92 bits per heavy atom. The molecule has 0 radical (unpaired) electrons. The Kier molecular flexibility index (Phi) is 6.58. The molecule has 4 aliphatic rings. The largest absolute Gasteiger partial charge is 0.334 e. The Balaban J connectivity index is 0.969. The zero-order valence-corrected chi connectivity index (χ0v) is 22.7. The average molecular weight is 537 g/mol. The Labute approximate surface area is 233 Å². The number of aromatic amines is 1. The average Bonchev–Trinajstić information content (AvgIpc) is 3.72. The van der Waals surface area contributed by atoms with Gasteiger partial charge in [-0.15, -0.1) is 11.8 Å². The number of thioether (sulfide) groups is 1. The summed E-state index contributed by atoms with van der Waals surface area (Å²) in [7, 11) is 0. The molecule has 2 N–H and O–H groups in total. The number of aromatic nitrogens is 3. The maximum absolute atomic E-state index is 13.3. The number of nitrogens with one attached hydrogen (secondary N) is 2. The Bertz CT molecular complexity index is 1460. The topological polar surface area (TPSA) is 77.2 Å². The molecule has 3 aromatic rings. The van der Waals surface area contributed by atoms with Gasteiger partial charge in [-0.2, -0.15) is 5.10 Å². The van der Waals surface area contributed by atoms with Gasteiger partial charge in [-0.05, 0) is 40.9 Å². The van der Waals surface area contributed by atoms with Crippen LogP contribution in [0.15, 0.2) is 82.8 Å². The second-order valence-corrected chi connectivity index (χ2v) is 11.7. The summed E-state index contributed by atoms with van der Waals surface area (Å²) in [6.45, 7) is 4.17. The van der Waals surface area contributed by atoms with Gasteiger partial charge in [0.15, 0.2) is 0 Å². The molecule has 5 heterocycles. The van der Waals surface area contributed by atoms with Crippen molar-refractivity contribution in [1.29, 1.82) is 0 Å². The van der Waals surface area contributed by atoms with Crippen molar-refractivity contribution in [2.45, 2.75) is 31.8 Å². The van der Waals surface area contributed by atoms with Crippen LogP contribution in [0.5, 0.6) is 0 Å². The van der Waals surface area contributed by atoms with Crippen molar-refractivity contribution in [2.75, 3.05) is 26.2 Å². The molecule has 198 valence electrons. The number of benzene rings is 1. The third kappa shape index (κ3) is 4.94. The van der Waals surface area contributed by atoms with Crippen LogP contribution in [0.4, 0.5) is 4.79 Å². The second-order valence-electron chi connectivity index (χ2n) is 10.8. The summed E-state index contributed by atoms with van der Waals surface area (Å²) in [6.07, 6.45) is 11.5. The van der Waals surface area contributed by atoms with E-state index in [1.165, 1.54) is 10.5 Å². The molecular weight excluding hydrogens is 504 g/mol. The highest BCUT2D eigenvalue weighted by molar-refractivity contribution is 8.06. The highest BCUT2D eigenvalue weighted by Crippen LogP contribution is 2.43. The maximum Gasteiger partial charge on any atom is 0.317 e. The van der Waals surface area contributed by atoms with Crippen molar-refractivity contribution in [2.24, 2.45) is 5.92 Å². The van der Waals surface area contributed by atoms with Gasteiger partial charge in [0.25, 0.3) is 0 Å². The van der Waals surface area contributed by atoms with Crippen LogP contribution in [0.2, 0.25) is 0 Å². The number of H-pyrrole nitrogens is 1. The summed E-state index contributed by atoms with van der Waals surface area (Å²) in [5, 5.41) is 13.5. The Hall–Kier alpha value is -3.62. The number of hydrogen-bond acceptors (Lipinski definition) is 5. The molecule has 0 saturated carbocycles. The van der Waals surface area contributed by atoms with Gasteiger partial charge in [-0.3, -0.25) is 15.0 Å². The highest BCUT2D eigenvalue weighted by Gasteiger charge is 2.32. The van der Waals surface area contributed by atoms with Crippen LogP contribution in [-0.4, -0.2) is 63.2 Å². The zero-order valence-electron chi connectivity index (χ0n) is 21.8. The minimum absolute atomic E-state index is 0.0236. The molecule has 0 spiro atoms. The first-order valence-electron chi connectivity index (χ1n) is 13.8. The quantitative estimate of drug-likeness (QED) is 0.458. The van der Waals surface area contributed by atoms with E-state index in [0.717, 1.165) is 72.7 Å². The van der Waals surface area contributed by atoms with E-state index in [0.29, 0.717) is 19.0 Å². The fourth-order valence-corrected chi connectivity index (χ4v) is 7.17. The van der Waals surface area contributed by atoms with Crippen LogP contribution in [-0.2, 0) is 13.0 Å². The van der Waals surface area contributed by atoms with Crippen molar-refractivity contribution < 1.29 is 4.79 Å². The van der Waals surface area contributed by atoms with Crippen molar-refractivity contribution in [3.63, 3.8) is 0 Å². The number of nitrogens with zero attached hydrogens (tertiary/aromatic N) is 4. The van der Waals surface area contributed by atoms with E-state index < -0.39 is 0 Å². The van der Waals surface area contributed by atoms with Crippen molar-refractivity contribution in [1.82, 2.24) is 30.3 Å². The van der Waals surface area contributed by atoms with Crippen LogP contribution < -0.4 is 5.32 Å². The van der Waals surface area contributed by atoms with Gasteiger partial charge >= 0.3 is 6.03 Å². The third-order valence-corrected chi connectivity index (χ3v) is 9.35. The molecule has 2 atom stereocenters. The summed E-state index contributed by atoms with van der Waals surface area (Å²) < 4.78 is 0. The van der Waals surface area contributed by atoms with Crippen LogP contribution >= 0.6 is 11.8 Å². The van der Waals surface area contributed by atoms with Crippen LogP contribution in [0, 0.1) is 5.92 Å². The normalized spacial score (nSPS) is 22.3. The smallest absolute Gasteiger partial charge is 0.317 e. The Morgan fingerprint density at radius 2 is 2.05 bits per heavy atom. The van der Waals surface area contributed by atoms with Crippen LogP contribution in [0.3, 0.4) is 0 Å². The molecule has 2 amide bonds. The molecule has 1 fully saturated rings. The van der Waals surface area contributed by atoms with E-state index in [4.69, 9.17) is 0 Å². The highest BCUT2D eigenvalue weighted by atomic mass is 32.2. The second kappa shape index (κ2) is 10.5. The number of urea groups is 1. The zero-order chi connectivity index (χ0) is 26.2. The van der Waals surface area contributed by atoms with Crippen molar-refractivity contribution in [3.05, 3.63) is 94.0 Å². The predicted octanol–water partition coefficient (Wildman–Crippen LogP) is 5.37. The molecule has 3 aliphatic heterocycles. The molecule has 1 aromatic carbocycles. The predicted molar refractivity (Wildman–Crippen MR) is 156 cm³/mol. The summed E-state index contributed by atoms with van der Waals surface area (Å²) in [6, 6.07) is 14.5. The lowest BCUT2D eigenvalue weighted by atomic mass is 9.93. The summed E-state index contributed by atoms with van der Waals surface area (Å²) in [5.74, 6) is 0.560. The van der Waals surface area contributed by atoms with E-state index in [9.17, 15) is 4.79 Å². The number of likely N-dealkylation sites (tertiary alicyclic amines) is 1. The molecule has 7 rings (SSSR count). The fourth-order valence-electron chi connectivity index (χ4n) is 6.08. The molecule has 39 heavy (non-hydrogen) atoms. The Morgan fingerprint density at radius 1 is 1.13 bits per heavy atom. The van der Waals surface area contributed by atoms with Gasteiger partial charge in [0.2, 0.25) is 0 Å². The van der Waals surface area contributed by atoms with E-state index in [2.05, 4.69) is 67.2 Å². The van der Waals surface area contributed by atoms with E-state index in [1.807, 2.05) is 47.1 Å². The van der Waals surface area contributed by atoms with Gasteiger partial charge in [-0.1, -0.05) is 48.6 Å². The fraction of sp³-hybridized carbons (Fsp3) is 0.323. The van der Waals surface area contributed by atoms with Crippen LogP contribution in [0.25, 0.3) is 22.5 Å². The van der Waals surface area contributed by atoms with E-state index in [1.54, 1.807) is 0 Å². The van der Waals surface area contributed by atoms with Gasteiger partial charge in [0.05, 0.1) is 17.9 Å². The molecule has 1 aliphatic carbocycles. The molecule has 2 unspecified atom stereocenters. The van der Waals surface area contributed by atoms with Crippen molar-refractivity contribution >= 4 is 17.8 Å². The first-order valence-corrected chi connectivity index (χ1v) is 14.7. The van der Waals surface area contributed by atoms with Gasteiger partial charge in [0.1, 0.15) is 0 Å². The standard InChI is InChI=1S/C31H32N6OS/c38-31(33-24-12-14-36(18-24)17-23-20-39-29-9-5-4-8-25(23)29)37-15-13-28-26(19-37)30(35-34-28)22-10-11-27(32-16-22)21-6-2-1-3-7-21/h1-7,9-11,16,20,24-25H,8,12-15,17-19H2,(H,33,38)(H,34,35). The summed E-state index contributed by atoms with van der Waals surface area (Å²) in [4.78, 5) is 23.9. The lowest BCUT2D eigenvalue weighted by molar-refractivity contribution is 0.188. The molecular formula is C31H32N6OS. The maximum atomic E-state index is 13.3. The third-order valence-electron chi connectivity index (χ3n) is 8.24. The van der Waals surface area contributed by atoms with Crippen molar-refractivity contribution in [3.8, 4) is 22.5 Å². The first kappa shape index (κ1) is 24.4. The monoisotopic (exact) mass is 536 g/mol. The number of carbonyl (C=O) groups is 1. The number of fused-ring (bicyclic) bond motifs is 2. The summed E-state index contributed by atoms with van der Waals surface area (Å²) >= 11 is 1.88. The van der Waals surface area contributed by atoms with Gasteiger partial charge < -0.3 is 10.2 Å². The first-order chi connectivity index (χ1) is 19.2. The van der Waals surface area contributed by atoms with E-state index in [-0.39, 0.29) is 12.1 Å². The lowest BCUT2D eigenvalue weighted by Crippen LogP contribution is -2.47. The lowest BCUT2D eigenvalue weighted by Gasteiger charge is -2.29. The minimum Gasteiger partial charge on any atom is -0.334 e. The molecule has 1 saturated heterocycles. The van der Waals surface area contributed by atoms with Gasteiger partial charge in [-0.25, -0.2) is 4.79 Å². The van der Waals surface area contributed by atoms with Crippen LogP contribution in [0.1, 0.15) is 24.1 Å². The minimum atomic E-state index is 0.0236. The molecule has 7 nitrogen and oxygen atoms in total.